The molecule has 0 fully saturated rings. The summed E-state index contributed by atoms with van der Waals surface area (Å²) in [6.45, 7) is -0.427. The molecule has 18 heavy (non-hydrogen) atoms. The first-order chi connectivity index (χ1) is 8.20. The van der Waals surface area contributed by atoms with Crippen molar-refractivity contribution in [2.45, 2.75) is 19.1 Å². The van der Waals surface area contributed by atoms with E-state index in [1.165, 1.54) is 17.8 Å². The van der Waals surface area contributed by atoms with Crippen LogP contribution in [0, 0.1) is 0 Å². The van der Waals surface area contributed by atoms with E-state index in [2.05, 4.69) is 5.10 Å². The second-order valence-corrected chi connectivity index (χ2v) is 3.97. The molecule has 1 N–H and O–H groups in total. The number of carbonyl (C=O) groups is 1. The molecule has 0 amide bonds. The van der Waals surface area contributed by atoms with Crippen LogP contribution in [0.25, 0.3) is 0 Å². The van der Waals surface area contributed by atoms with Crippen LogP contribution < -0.4 is 0 Å². The summed E-state index contributed by atoms with van der Waals surface area (Å²) in [4.78, 5) is 11.5. The summed E-state index contributed by atoms with van der Waals surface area (Å²) >= 11 is 0. The van der Waals surface area contributed by atoms with Gasteiger partial charge in [0, 0.05) is 19.3 Å². The van der Waals surface area contributed by atoms with Crippen molar-refractivity contribution in [1.29, 1.82) is 0 Å². The lowest BCUT2D eigenvalue weighted by Crippen LogP contribution is -2.40. The SMILES string of the molecule is CC(c1ccnn1C)N(CC(=O)O)CC(F)(F)F. The van der Waals surface area contributed by atoms with Crippen LogP contribution in [-0.4, -0.2) is 45.0 Å². The number of aliphatic carboxylic acids is 1. The van der Waals surface area contributed by atoms with Crippen LogP contribution in [0.2, 0.25) is 0 Å². The Labute approximate surface area is 102 Å². The Morgan fingerprint density at radius 3 is 2.61 bits per heavy atom. The summed E-state index contributed by atoms with van der Waals surface area (Å²) < 4.78 is 38.6. The van der Waals surface area contributed by atoms with Gasteiger partial charge in [-0.3, -0.25) is 14.4 Å². The normalized spacial score (nSPS) is 13.9. The molecule has 0 aromatic carbocycles. The average Bonchev–Trinajstić information content (AvgIpc) is 2.59. The Hall–Kier alpha value is -1.57. The van der Waals surface area contributed by atoms with E-state index in [9.17, 15) is 18.0 Å². The maximum absolute atomic E-state index is 12.4. The first-order valence-electron chi connectivity index (χ1n) is 5.21. The second-order valence-electron chi connectivity index (χ2n) is 3.97. The van der Waals surface area contributed by atoms with E-state index < -0.39 is 31.3 Å². The number of carboxylic acid groups (broad SMARTS) is 1. The molecule has 8 heteroatoms. The van der Waals surface area contributed by atoms with E-state index in [1.54, 1.807) is 13.1 Å². The number of carboxylic acids is 1. The van der Waals surface area contributed by atoms with Crippen molar-refractivity contribution in [2.75, 3.05) is 13.1 Å². The van der Waals surface area contributed by atoms with Crippen molar-refractivity contribution >= 4 is 5.97 Å². The predicted octanol–water partition coefficient (Wildman–Crippen LogP) is 1.43. The Bertz CT molecular complexity index is 417. The molecule has 1 aromatic rings. The molecule has 0 aliphatic rings. The fourth-order valence-electron chi connectivity index (χ4n) is 1.71. The number of hydrogen-bond acceptors (Lipinski definition) is 3. The minimum atomic E-state index is -4.44. The molecule has 0 aliphatic heterocycles. The highest BCUT2D eigenvalue weighted by Gasteiger charge is 2.34. The zero-order valence-corrected chi connectivity index (χ0v) is 9.98. The van der Waals surface area contributed by atoms with Crippen LogP contribution >= 0.6 is 0 Å². The van der Waals surface area contributed by atoms with E-state index in [1.807, 2.05) is 0 Å². The summed E-state index contributed by atoms with van der Waals surface area (Å²) in [5.41, 5.74) is 0.528. The first-order valence-corrected chi connectivity index (χ1v) is 5.21. The number of alkyl halides is 3. The lowest BCUT2D eigenvalue weighted by molar-refractivity contribution is -0.158. The van der Waals surface area contributed by atoms with Crippen LogP contribution in [-0.2, 0) is 11.8 Å². The molecule has 1 aromatic heterocycles. The summed E-state index contributed by atoms with van der Waals surface area (Å²) in [5.74, 6) is -1.30. The molecule has 1 heterocycles. The van der Waals surface area contributed by atoms with Gasteiger partial charge in [-0.05, 0) is 13.0 Å². The highest BCUT2D eigenvalue weighted by atomic mass is 19.4. The smallest absolute Gasteiger partial charge is 0.401 e. The number of hydrogen-bond donors (Lipinski definition) is 1. The second kappa shape index (κ2) is 5.38. The van der Waals surface area contributed by atoms with Crippen molar-refractivity contribution in [1.82, 2.24) is 14.7 Å². The van der Waals surface area contributed by atoms with Crippen molar-refractivity contribution in [3.63, 3.8) is 0 Å². The van der Waals surface area contributed by atoms with Crippen LogP contribution in [0.5, 0.6) is 0 Å². The number of aromatic nitrogens is 2. The molecule has 1 atom stereocenters. The molecular formula is C10H14F3N3O2. The molecular weight excluding hydrogens is 251 g/mol. The molecule has 0 spiro atoms. The zero-order chi connectivity index (χ0) is 13.9. The van der Waals surface area contributed by atoms with Gasteiger partial charge in [-0.1, -0.05) is 0 Å². The average molecular weight is 265 g/mol. The minimum Gasteiger partial charge on any atom is -0.480 e. The monoisotopic (exact) mass is 265 g/mol. The van der Waals surface area contributed by atoms with E-state index in [-0.39, 0.29) is 0 Å². The molecule has 1 unspecified atom stereocenters. The number of halogens is 3. The standard InChI is InChI=1S/C10H14F3N3O2/c1-7(8-3-4-14-15(8)2)16(5-9(17)18)6-10(11,12)13/h3-4,7H,5-6H2,1-2H3,(H,17,18). The van der Waals surface area contributed by atoms with E-state index in [4.69, 9.17) is 5.11 Å². The van der Waals surface area contributed by atoms with Crippen LogP contribution in [0.1, 0.15) is 18.7 Å². The number of nitrogens with zero attached hydrogens (tertiary/aromatic N) is 3. The van der Waals surface area contributed by atoms with E-state index in [0.29, 0.717) is 5.69 Å². The third-order valence-electron chi connectivity index (χ3n) is 2.56. The van der Waals surface area contributed by atoms with Gasteiger partial charge in [-0.2, -0.15) is 18.3 Å². The van der Waals surface area contributed by atoms with Crippen molar-refractivity contribution in [2.24, 2.45) is 7.05 Å². The summed E-state index contributed by atoms with van der Waals surface area (Å²) in [7, 11) is 1.60. The molecule has 0 saturated carbocycles. The van der Waals surface area contributed by atoms with Crippen molar-refractivity contribution < 1.29 is 23.1 Å². The number of rotatable bonds is 5. The van der Waals surface area contributed by atoms with Crippen LogP contribution in [0.3, 0.4) is 0 Å². The largest absolute Gasteiger partial charge is 0.480 e. The minimum absolute atomic E-state index is 0.528. The fourth-order valence-corrected chi connectivity index (χ4v) is 1.71. The van der Waals surface area contributed by atoms with E-state index in [0.717, 1.165) is 4.90 Å². The van der Waals surface area contributed by atoms with Gasteiger partial charge in [0.2, 0.25) is 0 Å². The molecule has 0 saturated heterocycles. The highest BCUT2D eigenvalue weighted by Crippen LogP contribution is 2.24. The molecule has 1 rings (SSSR count). The third-order valence-corrected chi connectivity index (χ3v) is 2.56. The Kier molecular flexibility index (Phi) is 4.33. The first kappa shape index (κ1) is 14.5. The summed E-state index contributed by atoms with van der Waals surface area (Å²) in [6, 6.07) is 0.880. The van der Waals surface area contributed by atoms with Crippen molar-refractivity contribution in [3.8, 4) is 0 Å². The highest BCUT2D eigenvalue weighted by molar-refractivity contribution is 5.69. The van der Waals surface area contributed by atoms with Gasteiger partial charge >= 0.3 is 12.1 Å². The lowest BCUT2D eigenvalue weighted by atomic mass is 10.2. The van der Waals surface area contributed by atoms with Gasteiger partial charge in [-0.15, -0.1) is 0 Å². The maximum Gasteiger partial charge on any atom is 0.401 e. The lowest BCUT2D eigenvalue weighted by Gasteiger charge is -2.28. The fraction of sp³-hybridized carbons (Fsp3) is 0.600. The maximum atomic E-state index is 12.4. The molecule has 0 radical (unpaired) electrons. The number of aryl methyl sites for hydroxylation is 1. The Balaban J connectivity index is 2.89. The molecule has 0 aliphatic carbocycles. The van der Waals surface area contributed by atoms with Gasteiger partial charge in [0.25, 0.3) is 0 Å². The Morgan fingerprint density at radius 1 is 1.61 bits per heavy atom. The molecule has 5 nitrogen and oxygen atoms in total. The predicted molar refractivity (Wildman–Crippen MR) is 56.9 cm³/mol. The third kappa shape index (κ3) is 4.02. The van der Waals surface area contributed by atoms with Gasteiger partial charge < -0.3 is 5.11 Å². The van der Waals surface area contributed by atoms with Gasteiger partial charge in [0.15, 0.2) is 0 Å². The van der Waals surface area contributed by atoms with Gasteiger partial charge in [0.1, 0.15) is 0 Å². The topological polar surface area (TPSA) is 58.4 Å². The Morgan fingerprint density at radius 2 is 2.22 bits per heavy atom. The van der Waals surface area contributed by atoms with Crippen LogP contribution in [0.15, 0.2) is 12.3 Å². The molecule has 0 bridgehead atoms. The van der Waals surface area contributed by atoms with E-state index >= 15 is 0 Å². The summed E-state index contributed by atoms with van der Waals surface area (Å²) in [6.07, 6.45) is -2.99. The van der Waals surface area contributed by atoms with Gasteiger partial charge in [-0.25, -0.2) is 0 Å². The quantitative estimate of drug-likeness (QED) is 0.875. The zero-order valence-electron chi connectivity index (χ0n) is 9.98. The molecule has 102 valence electrons. The summed E-state index contributed by atoms with van der Waals surface area (Å²) in [5, 5.41) is 12.5. The van der Waals surface area contributed by atoms with Crippen molar-refractivity contribution in [3.05, 3.63) is 18.0 Å². The van der Waals surface area contributed by atoms with Crippen LogP contribution in [0.4, 0.5) is 13.2 Å². The van der Waals surface area contributed by atoms with Gasteiger partial charge in [0.05, 0.1) is 18.8 Å².